The zero-order valence-corrected chi connectivity index (χ0v) is 17.9. The summed E-state index contributed by atoms with van der Waals surface area (Å²) >= 11 is 0. The fourth-order valence-electron chi connectivity index (χ4n) is 4.23. The summed E-state index contributed by atoms with van der Waals surface area (Å²) < 4.78 is 30.9. The molecule has 4 heterocycles. The lowest BCUT2D eigenvalue weighted by Crippen LogP contribution is -2.37. The molecule has 0 spiro atoms. The van der Waals surface area contributed by atoms with Crippen LogP contribution in [0.3, 0.4) is 0 Å². The number of hydrogen-bond donors (Lipinski definition) is 0. The third kappa shape index (κ3) is 3.95. The molecule has 29 heavy (non-hydrogen) atoms. The number of carbonyl (C=O) groups excluding carboxylic acids is 1. The van der Waals surface area contributed by atoms with Gasteiger partial charge >= 0.3 is 0 Å². The van der Waals surface area contributed by atoms with E-state index >= 15 is 0 Å². The van der Waals surface area contributed by atoms with Crippen molar-refractivity contribution in [1.29, 1.82) is 0 Å². The lowest BCUT2D eigenvalue weighted by molar-refractivity contribution is -0.132. The summed E-state index contributed by atoms with van der Waals surface area (Å²) in [5.74, 6) is 0.165. The van der Waals surface area contributed by atoms with Gasteiger partial charge in [0.15, 0.2) is 5.03 Å². The molecule has 0 aliphatic carbocycles. The predicted octanol–water partition coefficient (Wildman–Crippen LogP) is 0.846. The topological polar surface area (TPSA) is 93.3 Å². The summed E-state index contributed by atoms with van der Waals surface area (Å²) in [5.41, 5.74) is 2.82. The minimum Gasteiger partial charge on any atom is -0.343 e. The second-order valence-corrected chi connectivity index (χ2v) is 9.79. The highest BCUT2D eigenvalue weighted by Gasteiger charge is 2.33. The van der Waals surface area contributed by atoms with Crippen LogP contribution in [0, 0.1) is 0 Å². The van der Waals surface area contributed by atoms with Gasteiger partial charge in [0.25, 0.3) is 10.0 Å². The van der Waals surface area contributed by atoms with Gasteiger partial charge in [-0.3, -0.25) is 9.48 Å². The number of rotatable bonds is 5. The van der Waals surface area contributed by atoms with Crippen LogP contribution in [0.2, 0.25) is 0 Å². The molecule has 0 bridgehead atoms. The molecule has 0 unspecified atom stereocenters. The van der Waals surface area contributed by atoms with Crippen LogP contribution in [-0.2, 0) is 48.3 Å². The maximum Gasteiger partial charge on any atom is 0.262 e. The number of hydrogen-bond acceptors (Lipinski definition) is 5. The Balaban J connectivity index is 1.50. The largest absolute Gasteiger partial charge is 0.343 e. The monoisotopic (exact) mass is 420 g/mol. The smallest absolute Gasteiger partial charge is 0.262 e. The Kier molecular flexibility index (Phi) is 5.48. The van der Waals surface area contributed by atoms with Crippen molar-refractivity contribution in [3.05, 3.63) is 29.5 Å². The number of carbonyl (C=O) groups is 1. The van der Waals surface area contributed by atoms with Crippen molar-refractivity contribution < 1.29 is 13.2 Å². The first-order chi connectivity index (χ1) is 13.9. The lowest BCUT2D eigenvalue weighted by Gasteiger charge is -2.27. The molecule has 1 saturated heterocycles. The van der Waals surface area contributed by atoms with Gasteiger partial charge in [0.1, 0.15) is 0 Å². The van der Waals surface area contributed by atoms with Crippen molar-refractivity contribution in [3.8, 4) is 0 Å². The van der Waals surface area contributed by atoms with E-state index in [1.54, 1.807) is 11.6 Å². The molecule has 2 aliphatic rings. The van der Waals surface area contributed by atoms with E-state index in [9.17, 15) is 13.2 Å². The van der Waals surface area contributed by atoms with Crippen LogP contribution in [-0.4, -0.2) is 62.5 Å². The summed E-state index contributed by atoms with van der Waals surface area (Å²) in [4.78, 5) is 18.5. The predicted molar refractivity (Wildman–Crippen MR) is 106 cm³/mol. The van der Waals surface area contributed by atoms with Gasteiger partial charge in [-0.2, -0.15) is 9.40 Å². The summed E-state index contributed by atoms with van der Waals surface area (Å²) in [5, 5.41) is 4.67. The van der Waals surface area contributed by atoms with Gasteiger partial charge < -0.3 is 9.47 Å². The summed E-state index contributed by atoms with van der Waals surface area (Å²) in [6, 6.07) is 0. The molecule has 10 heteroatoms. The normalized spacial score (nSPS) is 18.1. The molecule has 0 N–H and O–H groups in total. The van der Waals surface area contributed by atoms with Crippen molar-refractivity contribution in [2.75, 3.05) is 19.6 Å². The van der Waals surface area contributed by atoms with Crippen molar-refractivity contribution in [1.82, 2.24) is 28.5 Å². The van der Waals surface area contributed by atoms with Crippen molar-refractivity contribution in [2.45, 2.75) is 50.1 Å². The molecule has 2 aromatic rings. The van der Waals surface area contributed by atoms with Crippen LogP contribution in [0.4, 0.5) is 0 Å². The minimum absolute atomic E-state index is 0.0640. The number of amides is 1. The van der Waals surface area contributed by atoms with Crippen LogP contribution in [0.25, 0.3) is 0 Å². The molecule has 0 aromatic carbocycles. The average molecular weight is 421 g/mol. The third-order valence-electron chi connectivity index (χ3n) is 5.86. The van der Waals surface area contributed by atoms with Gasteiger partial charge in [0.2, 0.25) is 5.91 Å². The summed E-state index contributed by atoms with van der Waals surface area (Å²) in [6.45, 7) is 2.36. The zero-order valence-electron chi connectivity index (χ0n) is 17.0. The van der Waals surface area contributed by atoms with Crippen LogP contribution in [0.15, 0.2) is 17.6 Å². The van der Waals surface area contributed by atoms with Crippen molar-refractivity contribution in [3.63, 3.8) is 0 Å². The Labute approximate surface area is 171 Å². The highest BCUT2D eigenvalue weighted by atomic mass is 32.2. The molecular formula is C19H28N6O3S. The Morgan fingerprint density at radius 3 is 2.59 bits per heavy atom. The molecule has 1 fully saturated rings. The Bertz CT molecular complexity index is 1000. The van der Waals surface area contributed by atoms with Gasteiger partial charge in [0.05, 0.1) is 12.0 Å². The molecule has 2 aliphatic heterocycles. The number of aryl methyl sites for hydroxylation is 3. The Hall–Kier alpha value is -2.20. The molecule has 2 aromatic heterocycles. The van der Waals surface area contributed by atoms with Gasteiger partial charge in [-0.05, 0) is 19.3 Å². The number of aromatic nitrogens is 4. The van der Waals surface area contributed by atoms with Crippen molar-refractivity contribution >= 4 is 15.9 Å². The molecule has 0 saturated carbocycles. The van der Waals surface area contributed by atoms with Gasteiger partial charge in [0, 0.05) is 77.0 Å². The molecule has 0 atom stereocenters. The van der Waals surface area contributed by atoms with Gasteiger partial charge in [-0.1, -0.05) is 0 Å². The first-order valence-corrected chi connectivity index (χ1v) is 11.6. The molecule has 9 nitrogen and oxygen atoms in total. The maximum atomic E-state index is 13.0. The lowest BCUT2D eigenvalue weighted by atomic mass is 10.0. The van der Waals surface area contributed by atoms with E-state index in [0.717, 1.165) is 42.9 Å². The van der Waals surface area contributed by atoms with E-state index in [1.807, 2.05) is 16.6 Å². The third-order valence-corrected chi connectivity index (χ3v) is 7.59. The second kappa shape index (κ2) is 7.91. The summed E-state index contributed by atoms with van der Waals surface area (Å²) in [7, 11) is -0.0151. The highest BCUT2D eigenvalue weighted by molar-refractivity contribution is 7.89. The molecular weight excluding hydrogens is 392 g/mol. The first kappa shape index (κ1) is 20.1. The number of nitrogens with zero attached hydrogens (tertiary/aromatic N) is 6. The standard InChI is InChI=1S/C19H28N6O3S/c1-22-13-18(20-14-22)29(27,28)25-11-8-17-15(12-25)16(21-23(17)2)6-7-19(26)24-9-4-3-5-10-24/h13-14H,3-12H2,1-2H3. The van der Waals surface area contributed by atoms with Crippen LogP contribution in [0.5, 0.6) is 0 Å². The van der Waals surface area contributed by atoms with Gasteiger partial charge in [-0.25, -0.2) is 13.4 Å². The average Bonchev–Trinajstić information content (AvgIpc) is 3.30. The minimum atomic E-state index is -3.65. The maximum absolute atomic E-state index is 13.0. The van der Waals surface area contributed by atoms with Crippen LogP contribution in [0.1, 0.15) is 42.6 Å². The zero-order chi connectivity index (χ0) is 20.6. The quantitative estimate of drug-likeness (QED) is 0.715. The fraction of sp³-hybridized carbons (Fsp3) is 0.632. The van der Waals surface area contributed by atoms with E-state index in [0.29, 0.717) is 25.8 Å². The molecule has 1 amide bonds. The Morgan fingerprint density at radius 2 is 1.90 bits per heavy atom. The first-order valence-electron chi connectivity index (χ1n) is 10.2. The Morgan fingerprint density at radius 1 is 1.14 bits per heavy atom. The van der Waals surface area contributed by atoms with Gasteiger partial charge in [-0.15, -0.1) is 0 Å². The second-order valence-electron chi connectivity index (χ2n) is 7.90. The fourth-order valence-corrected chi connectivity index (χ4v) is 5.61. The number of piperidine rings is 1. The molecule has 4 rings (SSSR count). The number of likely N-dealkylation sites (tertiary alicyclic amines) is 1. The number of imidazole rings is 1. The van der Waals surface area contributed by atoms with E-state index in [4.69, 9.17) is 0 Å². The molecule has 158 valence electrons. The van der Waals surface area contributed by atoms with E-state index < -0.39 is 10.0 Å². The van der Waals surface area contributed by atoms with Crippen molar-refractivity contribution in [2.24, 2.45) is 14.1 Å². The molecule has 0 radical (unpaired) electrons. The summed E-state index contributed by atoms with van der Waals surface area (Å²) in [6.07, 6.45) is 7.90. The number of fused-ring (bicyclic) bond motifs is 1. The highest BCUT2D eigenvalue weighted by Crippen LogP contribution is 2.27. The van der Waals surface area contributed by atoms with Crippen LogP contribution >= 0.6 is 0 Å². The SMILES string of the molecule is Cn1cnc(S(=O)(=O)N2CCc3c(c(CCC(=O)N4CCCCC4)nn3C)C2)c1. The van der Waals surface area contributed by atoms with Crippen LogP contribution < -0.4 is 0 Å². The number of sulfonamides is 1. The van der Waals surface area contributed by atoms with E-state index in [-0.39, 0.29) is 17.5 Å². The van der Waals surface area contributed by atoms with E-state index in [2.05, 4.69) is 10.1 Å². The van der Waals surface area contributed by atoms with E-state index in [1.165, 1.54) is 23.3 Å².